The summed E-state index contributed by atoms with van der Waals surface area (Å²) >= 11 is 0. The molecule has 0 radical (unpaired) electrons. The molecule has 5 nitrogen and oxygen atoms in total. The van der Waals surface area contributed by atoms with Crippen molar-refractivity contribution >= 4 is 15.8 Å². The topological polar surface area (TPSA) is 80.7 Å². The average Bonchev–Trinajstić information content (AvgIpc) is 2.73. The maximum Gasteiger partial charge on any atom is 0.416 e. The summed E-state index contributed by atoms with van der Waals surface area (Å²) in [7, 11) is -2.60. The van der Waals surface area contributed by atoms with Gasteiger partial charge in [-0.2, -0.15) is 13.2 Å². The number of hydrogen-bond acceptors (Lipinski definition) is 4. The molecule has 0 atom stereocenters. The molecule has 3 rings (SSSR count). The van der Waals surface area contributed by atoms with Gasteiger partial charge in [0, 0.05) is 5.56 Å². The van der Waals surface area contributed by atoms with Crippen molar-refractivity contribution in [1.82, 2.24) is 0 Å². The zero-order valence-electron chi connectivity index (χ0n) is 16.9. The third-order valence-corrected chi connectivity index (χ3v) is 6.47. The number of halogens is 3. The van der Waals surface area contributed by atoms with Gasteiger partial charge in [-0.15, -0.1) is 0 Å². The summed E-state index contributed by atoms with van der Waals surface area (Å²) in [4.78, 5) is 11.1. The lowest BCUT2D eigenvalue weighted by Gasteiger charge is -2.17. The largest absolute Gasteiger partial charge is 0.496 e. The van der Waals surface area contributed by atoms with Gasteiger partial charge in [-0.1, -0.05) is 30.3 Å². The quantitative estimate of drug-likeness (QED) is 0.533. The minimum atomic E-state index is -4.67. The van der Waals surface area contributed by atoms with E-state index in [0.29, 0.717) is 11.1 Å². The number of aliphatic carboxylic acids is 1. The van der Waals surface area contributed by atoms with Crippen LogP contribution >= 0.6 is 0 Å². The first-order valence-electron chi connectivity index (χ1n) is 9.38. The van der Waals surface area contributed by atoms with E-state index in [4.69, 9.17) is 9.84 Å². The van der Waals surface area contributed by atoms with Gasteiger partial charge in [0.05, 0.1) is 29.7 Å². The zero-order chi connectivity index (χ0) is 23.5. The maximum absolute atomic E-state index is 13.4. The smallest absolute Gasteiger partial charge is 0.416 e. The molecule has 0 heterocycles. The predicted molar refractivity (Wildman–Crippen MR) is 112 cm³/mol. The Kier molecular flexibility index (Phi) is 6.59. The minimum Gasteiger partial charge on any atom is -0.496 e. The molecule has 3 aromatic rings. The summed E-state index contributed by atoms with van der Waals surface area (Å²) in [6, 6.07) is 14.8. The van der Waals surface area contributed by atoms with Crippen LogP contribution in [0, 0.1) is 0 Å². The van der Waals surface area contributed by atoms with Gasteiger partial charge in [-0.3, -0.25) is 4.79 Å². The van der Waals surface area contributed by atoms with Gasteiger partial charge in [-0.25, -0.2) is 8.42 Å². The number of carboxylic acid groups (broad SMARTS) is 1. The Morgan fingerprint density at radius 1 is 0.969 bits per heavy atom. The van der Waals surface area contributed by atoms with Crippen LogP contribution in [0.3, 0.4) is 0 Å². The van der Waals surface area contributed by atoms with E-state index in [-0.39, 0.29) is 28.2 Å². The van der Waals surface area contributed by atoms with Crippen molar-refractivity contribution in [2.45, 2.75) is 23.2 Å². The Hall–Kier alpha value is -3.33. The summed E-state index contributed by atoms with van der Waals surface area (Å²) in [5, 5.41) is 9.08. The number of carbonyl (C=O) groups is 1. The Bertz CT molecular complexity index is 1240. The zero-order valence-corrected chi connectivity index (χ0v) is 17.7. The fourth-order valence-electron chi connectivity index (χ4n) is 3.32. The van der Waals surface area contributed by atoms with Gasteiger partial charge in [0.25, 0.3) is 0 Å². The SMILES string of the molecule is COc1ccc(CC(=O)O)cc1-c1ccc(C(F)(F)F)cc1CS(=O)(=O)c1ccccc1. The molecule has 9 heteroatoms. The number of alkyl halides is 3. The van der Waals surface area contributed by atoms with E-state index in [9.17, 15) is 26.4 Å². The molecule has 3 aromatic carbocycles. The Balaban J connectivity index is 2.20. The summed E-state index contributed by atoms with van der Waals surface area (Å²) in [5.74, 6) is -1.49. The van der Waals surface area contributed by atoms with Crippen molar-refractivity contribution in [3.63, 3.8) is 0 Å². The third-order valence-electron chi connectivity index (χ3n) is 4.79. The highest BCUT2D eigenvalue weighted by molar-refractivity contribution is 7.90. The molecule has 32 heavy (non-hydrogen) atoms. The summed E-state index contributed by atoms with van der Waals surface area (Å²) < 4.78 is 71.3. The van der Waals surface area contributed by atoms with Crippen LogP contribution in [0.5, 0.6) is 5.75 Å². The summed E-state index contributed by atoms with van der Waals surface area (Å²) in [6.45, 7) is 0. The number of sulfone groups is 1. The van der Waals surface area contributed by atoms with Gasteiger partial charge in [0.2, 0.25) is 0 Å². The molecule has 0 unspecified atom stereocenters. The molecule has 0 aliphatic rings. The lowest BCUT2D eigenvalue weighted by Crippen LogP contribution is -2.10. The van der Waals surface area contributed by atoms with Crippen LogP contribution in [0.1, 0.15) is 16.7 Å². The van der Waals surface area contributed by atoms with E-state index in [1.54, 1.807) is 6.07 Å². The van der Waals surface area contributed by atoms with E-state index in [2.05, 4.69) is 0 Å². The van der Waals surface area contributed by atoms with E-state index in [1.165, 1.54) is 55.6 Å². The number of hydrogen-bond donors (Lipinski definition) is 1. The molecule has 1 N–H and O–H groups in total. The normalized spacial score (nSPS) is 11.9. The van der Waals surface area contributed by atoms with Crippen molar-refractivity contribution in [1.29, 1.82) is 0 Å². The standard InChI is InChI=1S/C23H19F3O5S/c1-31-21-10-7-15(12-22(27)28)11-20(21)19-9-8-17(23(24,25)26)13-16(19)14-32(29,30)18-5-3-2-4-6-18/h2-11,13H,12,14H2,1H3,(H,27,28). The van der Waals surface area contributed by atoms with Crippen molar-refractivity contribution in [2.24, 2.45) is 0 Å². The number of ether oxygens (including phenoxy) is 1. The maximum atomic E-state index is 13.4. The highest BCUT2D eigenvalue weighted by Gasteiger charge is 2.32. The second-order valence-corrected chi connectivity index (χ2v) is 9.04. The monoisotopic (exact) mass is 464 g/mol. The highest BCUT2D eigenvalue weighted by atomic mass is 32.2. The fraction of sp³-hybridized carbons (Fsp3) is 0.174. The van der Waals surface area contributed by atoms with E-state index in [1.807, 2.05) is 0 Å². The van der Waals surface area contributed by atoms with Crippen LogP contribution in [0.4, 0.5) is 13.2 Å². The lowest BCUT2D eigenvalue weighted by molar-refractivity contribution is -0.138. The number of rotatable bonds is 7. The summed E-state index contributed by atoms with van der Waals surface area (Å²) in [6.07, 6.45) is -4.98. The molecule has 0 fully saturated rings. The Morgan fingerprint density at radius 2 is 1.66 bits per heavy atom. The molecule has 0 aromatic heterocycles. The van der Waals surface area contributed by atoms with Gasteiger partial charge in [0.15, 0.2) is 9.84 Å². The molecule has 0 bridgehead atoms. The average molecular weight is 464 g/mol. The van der Waals surface area contributed by atoms with Crippen molar-refractivity contribution in [3.8, 4) is 16.9 Å². The van der Waals surface area contributed by atoms with Crippen LogP contribution in [0.15, 0.2) is 71.6 Å². The van der Waals surface area contributed by atoms with Gasteiger partial charge < -0.3 is 9.84 Å². The van der Waals surface area contributed by atoms with Crippen molar-refractivity contribution < 1.29 is 36.2 Å². The predicted octanol–water partition coefficient (Wildman–Crippen LogP) is 4.98. The summed E-state index contributed by atoms with van der Waals surface area (Å²) in [5.41, 5.74) is -0.153. The second-order valence-electron chi connectivity index (χ2n) is 7.05. The van der Waals surface area contributed by atoms with E-state index >= 15 is 0 Å². The first kappa shape index (κ1) is 23.3. The number of methoxy groups -OCH3 is 1. The third kappa shape index (κ3) is 5.28. The molecular weight excluding hydrogens is 445 g/mol. The van der Waals surface area contributed by atoms with Crippen molar-refractivity contribution in [2.75, 3.05) is 7.11 Å². The van der Waals surface area contributed by atoms with Crippen molar-refractivity contribution in [3.05, 3.63) is 83.4 Å². The second kappa shape index (κ2) is 9.04. The molecule has 168 valence electrons. The molecule has 0 amide bonds. The van der Waals surface area contributed by atoms with Crippen LogP contribution in [0.25, 0.3) is 11.1 Å². The van der Waals surface area contributed by atoms with Gasteiger partial charge in [0.1, 0.15) is 5.75 Å². The Labute approximate surface area is 183 Å². The van der Waals surface area contributed by atoms with E-state index < -0.39 is 33.3 Å². The van der Waals surface area contributed by atoms with E-state index in [0.717, 1.165) is 12.1 Å². The molecule has 0 saturated carbocycles. The first-order valence-corrected chi connectivity index (χ1v) is 11.0. The molecule has 0 aliphatic heterocycles. The first-order chi connectivity index (χ1) is 15.0. The molecular formula is C23H19F3O5S. The molecule has 0 spiro atoms. The molecule has 0 aliphatic carbocycles. The fourth-order valence-corrected chi connectivity index (χ4v) is 4.71. The van der Waals surface area contributed by atoms with Crippen LogP contribution in [0.2, 0.25) is 0 Å². The minimum absolute atomic E-state index is 0.0186. The van der Waals surface area contributed by atoms with Crippen LogP contribution < -0.4 is 4.74 Å². The lowest BCUT2D eigenvalue weighted by atomic mass is 9.95. The van der Waals surface area contributed by atoms with Gasteiger partial charge in [-0.05, 0) is 53.1 Å². The Morgan fingerprint density at radius 3 is 2.25 bits per heavy atom. The van der Waals surface area contributed by atoms with Crippen LogP contribution in [-0.4, -0.2) is 26.6 Å². The number of carboxylic acids is 1. The number of benzene rings is 3. The van der Waals surface area contributed by atoms with Crippen LogP contribution in [-0.2, 0) is 33.0 Å². The molecule has 0 saturated heterocycles. The highest BCUT2D eigenvalue weighted by Crippen LogP contribution is 2.38. The van der Waals surface area contributed by atoms with Gasteiger partial charge >= 0.3 is 12.1 Å².